The summed E-state index contributed by atoms with van der Waals surface area (Å²) in [4.78, 5) is 40.2. The first-order valence-electron chi connectivity index (χ1n) is 14.8. The van der Waals surface area contributed by atoms with Crippen molar-refractivity contribution in [2.45, 2.75) is 91.2 Å². The summed E-state index contributed by atoms with van der Waals surface area (Å²) in [5, 5.41) is 3.23. The monoisotopic (exact) mass is 562 g/mol. The Bertz CT molecular complexity index is 1150. The zero-order chi connectivity index (χ0) is 29.0. The van der Waals surface area contributed by atoms with Crippen LogP contribution in [0.5, 0.6) is 0 Å². The lowest BCUT2D eigenvalue weighted by atomic mass is 10.0. The van der Waals surface area contributed by atoms with E-state index in [9.17, 15) is 18.4 Å². The van der Waals surface area contributed by atoms with Gasteiger partial charge in [0.2, 0.25) is 11.9 Å². The average Bonchev–Trinajstić information content (AvgIpc) is 3.12. The number of nitrogens with zero attached hydrogens (tertiary/aromatic N) is 5. The van der Waals surface area contributed by atoms with E-state index in [1.54, 1.807) is 4.90 Å². The predicted octanol–water partition coefficient (Wildman–Crippen LogP) is 4.66. The largest absolute Gasteiger partial charge is 0.444 e. The van der Waals surface area contributed by atoms with Crippen LogP contribution in [-0.2, 0) is 21.9 Å². The fourth-order valence-corrected chi connectivity index (χ4v) is 6.82. The molecule has 222 valence electrons. The van der Waals surface area contributed by atoms with Crippen molar-refractivity contribution in [1.82, 2.24) is 19.8 Å². The predicted molar refractivity (Wildman–Crippen MR) is 149 cm³/mol. The van der Waals surface area contributed by atoms with Crippen molar-refractivity contribution in [2.24, 2.45) is 17.3 Å². The molecule has 1 saturated carbocycles. The first-order valence-corrected chi connectivity index (χ1v) is 14.8. The van der Waals surface area contributed by atoms with E-state index in [4.69, 9.17) is 9.72 Å². The third-order valence-electron chi connectivity index (χ3n) is 9.12. The summed E-state index contributed by atoms with van der Waals surface area (Å²) in [5.41, 5.74) is -0.156. The minimum absolute atomic E-state index is 0.0456. The molecule has 2 aliphatic heterocycles. The van der Waals surface area contributed by atoms with Crippen molar-refractivity contribution in [3.63, 3.8) is 0 Å². The van der Waals surface area contributed by atoms with Gasteiger partial charge in [0.1, 0.15) is 17.1 Å². The molecule has 0 unspecified atom stereocenters. The molecule has 4 aliphatic rings. The zero-order valence-electron chi connectivity index (χ0n) is 24.7. The molecule has 3 fully saturated rings. The maximum Gasteiger partial charge on any atom is 0.410 e. The molecule has 40 heavy (non-hydrogen) atoms. The number of fused-ring (bicyclic) bond motifs is 2. The Labute approximate surface area is 236 Å². The van der Waals surface area contributed by atoms with Crippen LogP contribution in [0.2, 0.25) is 0 Å². The lowest BCUT2D eigenvalue weighted by Crippen LogP contribution is -2.51. The molecule has 1 N–H and O–H groups in total. The SMILES string of the molecule is CCC[C@H](C)Nc1nc(N2C[C@@H]3[C@@H](CC(=O)N4CCN(C(=O)OC(C)(C)C)CC4)[C@]3(C)C2)c2c(n1)C(F)(F)CC2. The molecule has 9 nitrogen and oxygen atoms in total. The number of piperazine rings is 1. The van der Waals surface area contributed by atoms with Crippen molar-refractivity contribution < 1.29 is 23.1 Å². The van der Waals surface area contributed by atoms with E-state index in [1.807, 2.05) is 32.6 Å². The second-order valence-corrected chi connectivity index (χ2v) is 13.4. The van der Waals surface area contributed by atoms with Crippen LogP contribution < -0.4 is 10.2 Å². The van der Waals surface area contributed by atoms with Crippen molar-refractivity contribution in [1.29, 1.82) is 0 Å². The fourth-order valence-electron chi connectivity index (χ4n) is 6.82. The van der Waals surface area contributed by atoms with E-state index < -0.39 is 11.5 Å². The van der Waals surface area contributed by atoms with E-state index in [0.29, 0.717) is 63.0 Å². The molecule has 4 atom stereocenters. The van der Waals surface area contributed by atoms with Crippen LogP contribution in [0.25, 0.3) is 0 Å². The molecule has 5 rings (SSSR count). The molecule has 0 radical (unpaired) electrons. The maximum atomic E-state index is 14.7. The highest BCUT2D eigenvalue weighted by molar-refractivity contribution is 5.78. The molecule has 2 aliphatic carbocycles. The lowest BCUT2D eigenvalue weighted by Gasteiger charge is -2.36. The second-order valence-electron chi connectivity index (χ2n) is 13.4. The Morgan fingerprint density at radius 1 is 1.15 bits per heavy atom. The highest BCUT2D eigenvalue weighted by atomic mass is 19.3. The number of anilines is 2. The Kier molecular flexibility index (Phi) is 7.40. The number of halogens is 2. The van der Waals surface area contributed by atoms with Crippen molar-refractivity contribution >= 4 is 23.8 Å². The van der Waals surface area contributed by atoms with Gasteiger partial charge in [-0.05, 0) is 57.8 Å². The van der Waals surface area contributed by atoms with E-state index >= 15 is 0 Å². The summed E-state index contributed by atoms with van der Waals surface area (Å²) >= 11 is 0. The number of rotatable bonds is 7. The summed E-state index contributed by atoms with van der Waals surface area (Å²) < 4.78 is 35.0. The highest BCUT2D eigenvalue weighted by Crippen LogP contribution is 2.65. The number of carbonyl (C=O) groups excluding carboxylic acids is 2. The highest BCUT2D eigenvalue weighted by Gasteiger charge is 2.66. The molecule has 11 heteroatoms. The molecular formula is C29H44F2N6O3. The quantitative estimate of drug-likeness (QED) is 0.517. The van der Waals surface area contributed by atoms with Gasteiger partial charge in [-0.2, -0.15) is 13.8 Å². The smallest absolute Gasteiger partial charge is 0.410 e. The normalized spacial score (nSPS) is 27.8. The first kappa shape index (κ1) is 28.8. The number of piperidine rings is 1. The third kappa shape index (κ3) is 5.57. The van der Waals surface area contributed by atoms with Crippen LogP contribution in [0.1, 0.15) is 78.5 Å². The summed E-state index contributed by atoms with van der Waals surface area (Å²) in [6.45, 7) is 15.2. The van der Waals surface area contributed by atoms with Crippen LogP contribution in [0.3, 0.4) is 0 Å². The van der Waals surface area contributed by atoms with Gasteiger partial charge in [0, 0.05) is 63.7 Å². The summed E-state index contributed by atoms with van der Waals surface area (Å²) in [5.74, 6) is -1.33. The minimum Gasteiger partial charge on any atom is -0.444 e. The average molecular weight is 563 g/mol. The first-order chi connectivity index (χ1) is 18.7. The molecule has 1 aromatic heterocycles. The lowest BCUT2D eigenvalue weighted by molar-refractivity contribution is -0.133. The summed E-state index contributed by atoms with van der Waals surface area (Å²) in [6, 6.07) is 0.0943. The number of hydrogen-bond acceptors (Lipinski definition) is 7. The Morgan fingerprint density at radius 2 is 1.82 bits per heavy atom. The van der Waals surface area contributed by atoms with Gasteiger partial charge in [-0.3, -0.25) is 4.79 Å². The van der Waals surface area contributed by atoms with E-state index in [2.05, 4.69) is 29.0 Å². The van der Waals surface area contributed by atoms with Gasteiger partial charge in [0.25, 0.3) is 5.92 Å². The molecule has 0 spiro atoms. The number of nitrogens with one attached hydrogen (secondary N) is 1. The molecule has 0 aromatic carbocycles. The molecule has 3 heterocycles. The van der Waals surface area contributed by atoms with Crippen LogP contribution in [0.15, 0.2) is 0 Å². The summed E-state index contributed by atoms with van der Waals surface area (Å²) in [6.07, 6.45) is 2.07. The molecule has 2 saturated heterocycles. The Balaban J connectivity index is 1.20. The number of carbonyl (C=O) groups is 2. The minimum atomic E-state index is -2.94. The van der Waals surface area contributed by atoms with Crippen LogP contribution >= 0.6 is 0 Å². The molecular weight excluding hydrogens is 518 g/mol. The molecule has 1 aromatic rings. The van der Waals surface area contributed by atoms with E-state index in [1.165, 1.54) is 0 Å². The van der Waals surface area contributed by atoms with Crippen LogP contribution in [-0.4, -0.2) is 82.7 Å². The van der Waals surface area contributed by atoms with Gasteiger partial charge in [-0.25, -0.2) is 9.78 Å². The van der Waals surface area contributed by atoms with Gasteiger partial charge in [0.15, 0.2) is 0 Å². The Hall–Kier alpha value is -2.72. The summed E-state index contributed by atoms with van der Waals surface area (Å²) in [7, 11) is 0. The standard InChI is InChI=1S/C29H44F2N6O3/c1-7-8-18(2)32-25-33-23-19(9-10-29(23,30)31)24(34-25)37-16-21-20(28(21,6)17-37)15-22(38)35-11-13-36(14-12-35)26(39)40-27(3,4)5/h18,20-21H,7-17H2,1-6H3,(H,32,33,34)/t18-,20+,21+,28-/m0/s1. The maximum absolute atomic E-state index is 14.7. The van der Waals surface area contributed by atoms with Gasteiger partial charge in [-0.1, -0.05) is 20.3 Å². The number of alkyl halides is 2. The van der Waals surface area contributed by atoms with E-state index in [0.717, 1.165) is 12.8 Å². The number of ether oxygens (including phenoxy) is 1. The van der Waals surface area contributed by atoms with Gasteiger partial charge in [0.05, 0.1) is 0 Å². The third-order valence-corrected chi connectivity index (χ3v) is 9.12. The molecule has 2 amide bonds. The van der Waals surface area contributed by atoms with E-state index in [-0.39, 0.29) is 53.9 Å². The number of amides is 2. The van der Waals surface area contributed by atoms with Crippen molar-refractivity contribution in [2.75, 3.05) is 49.5 Å². The molecule has 0 bridgehead atoms. The van der Waals surface area contributed by atoms with Crippen molar-refractivity contribution in [3.8, 4) is 0 Å². The number of aromatic nitrogens is 2. The fraction of sp³-hybridized carbons (Fsp3) is 0.793. The van der Waals surface area contributed by atoms with Gasteiger partial charge < -0.3 is 24.8 Å². The second kappa shape index (κ2) is 10.3. The number of hydrogen-bond donors (Lipinski definition) is 1. The van der Waals surface area contributed by atoms with Gasteiger partial charge >= 0.3 is 6.09 Å². The van der Waals surface area contributed by atoms with Crippen molar-refractivity contribution in [3.05, 3.63) is 11.3 Å². The van der Waals surface area contributed by atoms with Crippen LogP contribution in [0, 0.1) is 17.3 Å². The topological polar surface area (TPSA) is 90.9 Å². The van der Waals surface area contributed by atoms with Crippen LogP contribution in [0.4, 0.5) is 25.3 Å². The Morgan fingerprint density at radius 3 is 2.42 bits per heavy atom. The van der Waals surface area contributed by atoms with Gasteiger partial charge in [-0.15, -0.1) is 0 Å². The zero-order valence-corrected chi connectivity index (χ0v) is 24.7.